The van der Waals surface area contributed by atoms with Crippen LogP contribution in [0.25, 0.3) is 22.3 Å². The first kappa shape index (κ1) is 27.2. The minimum Gasteiger partial charge on any atom is -0.493 e. The fourth-order valence-corrected chi connectivity index (χ4v) is 3.93. The van der Waals surface area contributed by atoms with Crippen LogP contribution in [0.5, 0.6) is 5.75 Å². The van der Waals surface area contributed by atoms with Crippen LogP contribution >= 0.6 is 11.6 Å². The first-order chi connectivity index (χ1) is 17.0. The zero-order valence-corrected chi connectivity index (χ0v) is 21.1. The maximum atomic E-state index is 12.7. The van der Waals surface area contributed by atoms with Gasteiger partial charge in [0.1, 0.15) is 17.1 Å². The fourth-order valence-electron chi connectivity index (χ4n) is 3.63. The van der Waals surface area contributed by atoms with E-state index in [0.717, 1.165) is 24.0 Å². The van der Waals surface area contributed by atoms with E-state index in [0.29, 0.717) is 79.3 Å². The molecule has 0 saturated heterocycles. The summed E-state index contributed by atoms with van der Waals surface area (Å²) in [4.78, 5) is 12.7. The number of fused-ring (bicyclic) bond motifs is 1. The van der Waals surface area contributed by atoms with Crippen LogP contribution in [0.3, 0.4) is 0 Å². The maximum Gasteiger partial charge on any atom is 0.193 e. The second kappa shape index (κ2) is 14.2. The molecule has 35 heavy (non-hydrogen) atoms. The van der Waals surface area contributed by atoms with Crippen molar-refractivity contribution in [3.8, 4) is 17.1 Å². The Labute approximate surface area is 210 Å². The first-order valence-corrected chi connectivity index (χ1v) is 12.3. The summed E-state index contributed by atoms with van der Waals surface area (Å²) in [6, 6.07) is 10.8. The summed E-state index contributed by atoms with van der Waals surface area (Å²) in [5, 5.41) is 9.66. The van der Waals surface area contributed by atoms with Crippen molar-refractivity contribution in [2.75, 3.05) is 52.9 Å². The zero-order chi connectivity index (χ0) is 25.0. The highest BCUT2D eigenvalue weighted by Crippen LogP contribution is 2.32. The Bertz CT molecular complexity index is 1140. The third-order valence-corrected chi connectivity index (χ3v) is 5.67. The molecule has 0 atom stereocenters. The Morgan fingerprint density at radius 2 is 1.66 bits per heavy atom. The molecule has 3 aromatic rings. The van der Waals surface area contributed by atoms with Crippen molar-refractivity contribution in [2.24, 2.45) is 0 Å². The Morgan fingerprint density at radius 1 is 0.943 bits per heavy atom. The van der Waals surface area contributed by atoms with Gasteiger partial charge < -0.3 is 28.5 Å². The van der Waals surface area contributed by atoms with Crippen LogP contribution in [0.1, 0.15) is 24.5 Å². The van der Waals surface area contributed by atoms with Gasteiger partial charge in [0.2, 0.25) is 0 Å². The zero-order valence-electron chi connectivity index (χ0n) is 20.3. The van der Waals surface area contributed by atoms with Crippen molar-refractivity contribution >= 4 is 22.6 Å². The van der Waals surface area contributed by atoms with E-state index < -0.39 is 0 Å². The van der Waals surface area contributed by atoms with Gasteiger partial charge in [-0.3, -0.25) is 4.79 Å². The average molecular weight is 505 g/mol. The molecule has 0 saturated carbocycles. The first-order valence-electron chi connectivity index (χ1n) is 11.9. The lowest BCUT2D eigenvalue weighted by Gasteiger charge is -2.11. The van der Waals surface area contributed by atoms with Gasteiger partial charge in [-0.15, -0.1) is 0 Å². The van der Waals surface area contributed by atoms with Gasteiger partial charge in [0, 0.05) is 24.3 Å². The van der Waals surface area contributed by atoms with E-state index in [9.17, 15) is 4.79 Å². The lowest BCUT2D eigenvalue weighted by atomic mass is 10.0. The summed E-state index contributed by atoms with van der Waals surface area (Å²) >= 11 is 6.56. The molecule has 0 bridgehead atoms. The van der Waals surface area contributed by atoms with E-state index in [-0.39, 0.29) is 12.0 Å². The summed E-state index contributed by atoms with van der Waals surface area (Å²) in [6.07, 6.45) is 1.66. The second-order valence-corrected chi connectivity index (χ2v) is 8.41. The molecule has 3 rings (SSSR count). The molecule has 0 amide bonds. The van der Waals surface area contributed by atoms with Crippen LogP contribution in [0.15, 0.2) is 45.6 Å². The van der Waals surface area contributed by atoms with Crippen molar-refractivity contribution in [2.45, 2.75) is 26.7 Å². The van der Waals surface area contributed by atoms with Crippen molar-refractivity contribution in [3.63, 3.8) is 0 Å². The molecule has 0 aliphatic carbocycles. The van der Waals surface area contributed by atoms with Gasteiger partial charge >= 0.3 is 0 Å². The lowest BCUT2D eigenvalue weighted by molar-refractivity contribution is 0.00744. The molecule has 2 aromatic carbocycles. The van der Waals surface area contributed by atoms with Crippen molar-refractivity contribution in [1.29, 1.82) is 0 Å². The molecular weight excluding hydrogens is 472 g/mol. The van der Waals surface area contributed by atoms with Crippen molar-refractivity contribution < 1.29 is 28.5 Å². The molecule has 1 aromatic heterocycles. The van der Waals surface area contributed by atoms with Crippen molar-refractivity contribution in [1.82, 2.24) is 0 Å². The topological polar surface area (TPSA) is 87.4 Å². The van der Waals surface area contributed by atoms with Gasteiger partial charge in [0.15, 0.2) is 5.43 Å². The summed E-state index contributed by atoms with van der Waals surface area (Å²) in [5.74, 6) is 1.12. The van der Waals surface area contributed by atoms with Crippen LogP contribution in [-0.4, -0.2) is 58.0 Å². The number of rotatable bonds is 15. The van der Waals surface area contributed by atoms with Crippen molar-refractivity contribution in [3.05, 3.63) is 62.8 Å². The average Bonchev–Trinajstić information content (AvgIpc) is 2.84. The third kappa shape index (κ3) is 8.05. The van der Waals surface area contributed by atoms with Gasteiger partial charge in [-0.2, -0.15) is 0 Å². The highest BCUT2D eigenvalue weighted by atomic mass is 35.5. The summed E-state index contributed by atoms with van der Waals surface area (Å²) in [6.45, 7) is 7.30. The largest absolute Gasteiger partial charge is 0.493 e. The predicted octanol–water partition coefficient (Wildman–Crippen LogP) is 4.80. The molecule has 8 heteroatoms. The maximum absolute atomic E-state index is 12.7. The smallest absolute Gasteiger partial charge is 0.193 e. The SMILES string of the molecule is CCOc1cc2oc(-c3ccc(CCCOCCOCCOCCO)cc3Cl)cc(=O)c2cc1C. The number of aryl methyl sites for hydroxylation is 2. The fraction of sp³-hybridized carbons (Fsp3) is 0.444. The monoisotopic (exact) mass is 504 g/mol. The number of halogens is 1. The number of hydrogen-bond acceptors (Lipinski definition) is 7. The molecule has 1 heterocycles. The number of aliphatic hydroxyl groups is 1. The number of hydrogen-bond donors (Lipinski definition) is 1. The van der Waals surface area contributed by atoms with E-state index in [4.69, 9.17) is 40.1 Å². The number of aliphatic hydroxyl groups excluding tert-OH is 1. The van der Waals surface area contributed by atoms with Gasteiger partial charge in [-0.25, -0.2) is 0 Å². The van der Waals surface area contributed by atoms with Crippen LogP contribution in [-0.2, 0) is 20.6 Å². The van der Waals surface area contributed by atoms with Gasteiger partial charge in [-0.1, -0.05) is 17.7 Å². The van der Waals surface area contributed by atoms with Crippen LogP contribution in [0.4, 0.5) is 0 Å². The van der Waals surface area contributed by atoms with Crippen LogP contribution in [0, 0.1) is 6.92 Å². The van der Waals surface area contributed by atoms with Gasteiger partial charge in [0.05, 0.1) is 56.7 Å². The molecule has 0 aliphatic heterocycles. The van der Waals surface area contributed by atoms with Gasteiger partial charge in [0.25, 0.3) is 0 Å². The Hall–Kier alpha value is -2.42. The number of ether oxygens (including phenoxy) is 4. The molecule has 0 unspecified atom stereocenters. The quantitative estimate of drug-likeness (QED) is 0.297. The highest BCUT2D eigenvalue weighted by molar-refractivity contribution is 6.33. The van der Waals surface area contributed by atoms with E-state index in [1.54, 1.807) is 12.1 Å². The molecular formula is C27H33ClO7. The molecule has 1 N–H and O–H groups in total. The third-order valence-electron chi connectivity index (χ3n) is 5.36. The van der Waals surface area contributed by atoms with Crippen LogP contribution in [0.2, 0.25) is 5.02 Å². The Morgan fingerprint density at radius 3 is 2.34 bits per heavy atom. The van der Waals surface area contributed by atoms with E-state index >= 15 is 0 Å². The van der Waals surface area contributed by atoms with E-state index in [2.05, 4.69) is 0 Å². The summed E-state index contributed by atoms with van der Waals surface area (Å²) in [7, 11) is 0. The molecule has 0 radical (unpaired) electrons. The predicted molar refractivity (Wildman–Crippen MR) is 137 cm³/mol. The Balaban J connectivity index is 1.53. The lowest BCUT2D eigenvalue weighted by Crippen LogP contribution is -2.11. The van der Waals surface area contributed by atoms with E-state index in [1.807, 2.05) is 32.0 Å². The molecule has 7 nitrogen and oxygen atoms in total. The summed E-state index contributed by atoms with van der Waals surface area (Å²) < 4.78 is 27.8. The summed E-state index contributed by atoms with van der Waals surface area (Å²) in [5.41, 5.74) is 3.00. The second-order valence-electron chi connectivity index (χ2n) is 8.00. The molecule has 0 aliphatic rings. The minimum absolute atomic E-state index is 0.0202. The molecule has 190 valence electrons. The molecule has 0 fully saturated rings. The van der Waals surface area contributed by atoms with E-state index in [1.165, 1.54) is 6.07 Å². The standard InChI is InChI=1S/C27H33ClO7/c1-3-34-25-18-27-22(15-19(25)2)24(30)17-26(35-27)21-7-6-20(16-23(21)28)5-4-9-31-11-13-33-14-12-32-10-8-29/h6-7,15-18,29H,3-5,8-14H2,1-2H3. The minimum atomic E-state index is -0.119. The highest BCUT2D eigenvalue weighted by Gasteiger charge is 2.13. The molecule has 0 spiro atoms. The number of benzene rings is 2. The van der Waals surface area contributed by atoms with Gasteiger partial charge in [-0.05, 0) is 56.0 Å². The Kier molecular flexibility index (Phi) is 11.0. The normalized spacial score (nSPS) is 11.3. The van der Waals surface area contributed by atoms with Crippen LogP contribution < -0.4 is 10.2 Å².